The molecule has 1 heterocycles. The number of nitrogens with one attached hydrogen (secondary N) is 1. The Labute approximate surface area is 125 Å². The summed E-state index contributed by atoms with van der Waals surface area (Å²) in [5.41, 5.74) is 0.572. The topological polar surface area (TPSA) is 25.2 Å². The summed E-state index contributed by atoms with van der Waals surface area (Å²) in [4.78, 5) is 0. The van der Waals surface area contributed by atoms with Crippen molar-refractivity contribution in [3.63, 3.8) is 0 Å². The van der Waals surface area contributed by atoms with Crippen LogP contribution < -0.4 is 5.32 Å². The first-order chi connectivity index (χ1) is 9.13. The summed E-state index contributed by atoms with van der Waals surface area (Å²) in [5, 5.41) is 3.23. The Morgan fingerprint density at radius 2 is 2.21 bits per heavy atom. The van der Waals surface area contributed by atoms with Gasteiger partial charge in [-0.15, -0.1) is 0 Å². The summed E-state index contributed by atoms with van der Waals surface area (Å²) < 4.78 is 20.0. The Kier molecular flexibility index (Phi) is 5.02. The van der Waals surface area contributed by atoms with Crippen molar-refractivity contribution in [2.24, 2.45) is 0 Å². The molecule has 0 radical (unpaired) electrons. The lowest BCUT2D eigenvalue weighted by molar-refractivity contribution is 0.459. The first-order valence-corrected chi connectivity index (χ1v) is 7.13. The van der Waals surface area contributed by atoms with Crippen molar-refractivity contribution in [3.05, 3.63) is 57.2 Å². The molecule has 2 nitrogen and oxygen atoms in total. The van der Waals surface area contributed by atoms with Crippen LogP contribution in [0.25, 0.3) is 0 Å². The van der Waals surface area contributed by atoms with E-state index in [2.05, 4.69) is 21.2 Å². The maximum Gasteiger partial charge on any atom is 0.147 e. The van der Waals surface area contributed by atoms with Crippen LogP contribution in [0.5, 0.6) is 0 Å². The van der Waals surface area contributed by atoms with Crippen molar-refractivity contribution in [2.75, 3.05) is 7.05 Å². The molecule has 0 amide bonds. The van der Waals surface area contributed by atoms with Crippen molar-refractivity contribution < 1.29 is 8.81 Å². The Morgan fingerprint density at radius 3 is 2.84 bits per heavy atom. The molecule has 1 atom stereocenters. The van der Waals surface area contributed by atoms with E-state index in [1.165, 1.54) is 0 Å². The van der Waals surface area contributed by atoms with Crippen LogP contribution in [-0.2, 0) is 6.42 Å². The predicted octanol–water partition coefficient (Wildman–Crippen LogP) is 4.73. The lowest BCUT2D eigenvalue weighted by Crippen LogP contribution is -2.18. The van der Waals surface area contributed by atoms with E-state index in [4.69, 9.17) is 16.0 Å². The zero-order valence-corrected chi connectivity index (χ0v) is 12.8. The van der Waals surface area contributed by atoms with Gasteiger partial charge < -0.3 is 9.73 Å². The summed E-state index contributed by atoms with van der Waals surface area (Å²) in [7, 11) is 1.81. The van der Waals surface area contributed by atoms with Crippen molar-refractivity contribution >= 4 is 27.5 Å². The van der Waals surface area contributed by atoms with E-state index in [1.807, 2.05) is 19.2 Å². The van der Waals surface area contributed by atoms with Crippen LogP contribution in [0.1, 0.15) is 23.8 Å². The molecule has 5 heteroatoms. The molecule has 0 aliphatic rings. The van der Waals surface area contributed by atoms with Gasteiger partial charge >= 0.3 is 0 Å². The fourth-order valence-electron chi connectivity index (χ4n) is 2.01. The third-order valence-corrected chi connectivity index (χ3v) is 4.31. The highest BCUT2D eigenvalue weighted by molar-refractivity contribution is 9.10. The molecule has 2 aromatic rings. The summed E-state index contributed by atoms with van der Waals surface area (Å²) in [6.07, 6.45) is 3.12. The van der Waals surface area contributed by atoms with Crippen molar-refractivity contribution in [2.45, 2.75) is 18.9 Å². The number of rotatable bonds is 5. The molecule has 0 saturated carbocycles. The van der Waals surface area contributed by atoms with E-state index in [0.29, 0.717) is 10.0 Å². The molecule has 0 aliphatic heterocycles. The molecule has 1 N–H and O–H groups in total. The third kappa shape index (κ3) is 3.38. The second-order valence-electron chi connectivity index (χ2n) is 4.22. The minimum absolute atomic E-state index is 0.101. The van der Waals surface area contributed by atoms with Gasteiger partial charge in [0.2, 0.25) is 0 Å². The smallest absolute Gasteiger partial charge is 0.147 e. The van der Waals surface area contributed by atoms with Crippen molar-refractivity contribution in [3.8, 4) is 0 Å². The van der Waals surface area contributed by atoms with Crippen molar-refractivity contribution in [1.29, 1.82) is 0 Å². The molecule has 0 bridgehead atoms. The molecule has 2 rings (SSSR count). The first-order valence-electron chi connectivity index (χ1n) is 5.96. The quantitative estimate of drug-likeness (QED) is 0.792. The van der Waals surface area contributed by atoms with E-state index < -0.39 is 0 Å². The van der Waals surface area contributed by atoms with Gasteiger partial charge in [-0.05, 0) is 47.6 Å². The molecule has 1 aromatic heterocycles. The lowest BCUT2D eigenvalue weighted by Gasteiger charge is -2.17. The monoisotopic (exact) mass is 345 g/mol. The van der Waals surface area contributed by atoms with Gasteiger partial charge in [0, 0.05) is 22.5 Å². The molecule has 19 heavy (non-hydrogen) atoms. The van der Waals surface area contributed by atoms with Gasteiger partial charge in [0.25, 0.3) is 0 Å². The third-order valence-electron chi connectivity index (χ3n) is 3.05. The summed E-state index contributed by atoms with van der Waals surface area (Å²) in [6, 6.07) is 7.17. The number of hydrogen-bond acceptors (Lipinski definition) is 2. The zero-order valence-electron chi connectivity index (χ0n) is 10.4. The van der Waals surface area contributed by atoms with Crippen LogP contribution in [-0.4, -0.2) is 7.05 Å². The maximum absolute atomic E-state index is 14.1. The normalized spacial score (nSPS) is 12.6. The second-order valence-corrected chi connectivity index (χ2v) is 5.46. The molecule has 0 fully saturated rings. The fourth-order valence-corrected chi connectivity index (χ4v) is 2.49. The summed E-state index contributed by atoms with van der Waals surface area (Å²) >= 11 is 9.13. The lowest BCUT2D eigenvalue weighted by atomic mass is 10.0. The molecule has 1 unspecified atom stereocenters. The molecular formula is C14H14BrClFNO. The molecule has 0 saturated heterocycles. The number of benzene rings is 1. The molecule has 102 valence electrons. The largest absolute Gasteiger partial charge is 0.469 e. The fraction of sp³-hybridized carbons (Fsp3) is 0.286. The predicted molar refractivity (Wildman–Crippen MR) is 77.9 cm³/mol. The van der Waals surface area contributed by atoms with E-state index in [9.17, 15) is 4.39 Å². The Morgan fingerprint density at radius 1 is 1.42 bits per heavy atom. The minimum atomic E-state index is -0.380. The number of halogens is 3. The Bertz CT molecular complexity index is 545. The van der Waals surface area contributed by atoms with Gasteiger partial charge in [-0.1, -0.05) is 17.7 Å². The standard InChI is InChI=1S/C14H14BrClFNO/c1-18-12(7-4-9-3-2-8-19-9)10-5-6-11(15)13(16)14(10)17/h2-3,5-6,8,12,18H,4,7H2,1H3. The highest BCUT2D eigenvalue weighted by atomic mass is 79.9. The van der Waals surface area contributed by atoms with Gasteiger partial charge in [-0.2, -0.15) is 0 Å². The van der Waals surface area contributed by atoms with Crippen LogP contribution >= 0.6 is 27.5 Å². The number of furan rings is 1. The second kappa shape index (κ2) is 6.55. The first kappa shape index (κ1) is 14.6. The van der Waals surface area contributed by atoms with Crippen LogP contribution in [0, 0.1) is 5.82 Å². The van der Waals surface area contributed by atoms with E-state index in [-0.39, 0.29) is 16.9 Å². The minimum Gasteiger partial charge on any atom is -0.469 e. The van der Waals surface area contributed by atoms with Crippen LogP contribution in [0.3, 0.4) is 0 Å². The highest BCUT2D eigenvalue weighted by Gasteiger charge is 2.18. The molecule has 0 aliphatic carbocycles. The maximum atomic E-state index is 14.1. The number of hydrogen-bond donors (Lipinski definition) is 1. The summed E-state index contributed by atoms with van der Waals surface area (Å²) in [6.45, 7) is 0. The van der Waals surface area contributed by atoms with Gasteiger partial charge in [0.1, 0.15) is 11.6 Å². The van der Waals surface area contributed by atoms with Crippen LogP contribution in [0.2, 0.25) is 5.02 Å². The van der Waals surface area contributed by atoms with Crippen molar-refractivity contribution in [1.82, 2.24) is 5.32 Å². The van der Waals surface area contributed by atoms with Gasteiger partial charge in [-0.25, -0.2) is 4.39 Å². The van der Waals surface area contributed by atoms with Gasteiger partial charge in [0.15, 0.2) is 0 Å². The van der Waals surface area contributed by atoms with E-state index in [1.54, 1.807) is 18.4 Å². The molecular weight excluding hydrogens is 333 g/mol. The Balaban J connectivity index is 2.15. The highest BCUT2D eigenvalue weighted by Crippen LogP contribution is 2.31. The summed E-state index contributed by atoms with van der Waals surface area (Å²) in [5.74, 6) is 0.513. The molecule has 1 aromatic carbocycles. The average Bonchev–Trinajstić information content (AvgIpc) is 2.92. The SMILES string of the molecule is CNC(CCc1ccco1)c1ccc(Br)c(Cl)c1F. The van der Waals surface area contributed by atoms with E-state index >= 15 is 0 Å². The zero-order chi connectivity index (χ0) is 13.8. The van der Waals surface area contributed by atoms with Gasteiger partial charge in [-0.3, -0.25) is 0 Å². The molecule has 0 spiro atoms. The van der Waals surface area contributed by atoms with Crippen LogP contribution in [0.4, 0.5) is 4.39 Å². The van der Waals surface area contributed by atoms with E-state index in [0.717, 1.165) is 18.6 Å². The number of aryl methyl sites for hydroxylation is 1. The van der Waals surface area contributed by atoms with Gasteiger partial charge in [0.05, 0.1) is 11.3 Å². The van der Waals surface area contributed by atoms with Crippen LogP contribution in [0.15, 0.2) is 39.4 Å². The average molecular weight is 347 g/mol. The Hall–Kier alpha value is -0.840.